The fourth-order valence-electron chi connectivity index (χ4n) is 3.11. The van der Waals surface area contributed by atoms with E-state index in [0.717, 1.165) is 5.56 Å². The van der Waals surface area contributed by atoms with Crippen LogP contribution >= 0.6 is 11.6 Å². The highest BCUT2D eigenvalue weighted by molar-refractivity contribution is 6.32. The molecule has 0 saturated carbocycles. The van der Waals surface area contributed by atoms with Crippen LogP contribution in [-0.2, 0) is 9.59 Å². The summed E-state index contributed by atoms with van der Waals surface area (Å²) < 4.78 is 10.8. The van der Waals surface area contributed by atoms with Gasteiger partial charge in [0.2, 0.25) is 11.8 Å². The summed E-state index contributed by atoms with van der Waals surface area (Å²) in [6.45, 7) is 3.52. The smallest absolute Gasteiger partial charge is 0.246 e. The second kappa shape index (κ2) is 9.65. The molecule has 0 aliphatic carbocycles. The van der Waals surface area contributed by atoms with Crippen molar-refractivity contribution in [2.45, 2.75) is 19.8 Å². The van der Waals surface area contributed by atoms with Gasteiger partial charge in [0, 0.05) is 39.2 Å². The summed E-state index contributed by atoms with van der Waals surface area (Å²) in [6, 6.07) is 3.52. The maximum Gasteiger partial charge on any atom is 0.246 e. The largest absolute Gasteiger partial charge is 0.493 e. The molecule has 0 aromatic heterocycles. The third kappa shape index (κ3) is 5.39. The Hall–Kier alpha value is -2.21. The van der Waals surface area contributed by atoms with Crippen LogP contribution in [0, 0.1) is 5.92 Å². The highest BCUT2D eigenvalue weighted by Gasteiger charge is 2.27. The van der Waals surface area contributed by atoms with Gasteiger partial charge < -0.3 is 19.3 Å². The molecule has 7 heteroatoms. The zero-order chi connectivity index (χ0) is 20.0. The number of nitrogens with zero attached hydrogens (tertiary/aromatic N) is 2. The molecule has 27 heavy (non-hydrogen) atoms. The lowest BCUT2D eigenvalue weighted by atomic mass is 9.95. The summed E-state index contributed by atoms with van der Waals surface area (Å²) in [5.41, 5.74) is 0.756. The Morgan fingerprint density at radius 1 is 1.30 bits per heavy atom. The van der Waals surface area contributed by atoms with Crippen LogP contribution in [-0.4, -0.2) is 62.5 Å². The van der Waals surface area contributed by atoms with Gasteiger partial charge in [0.1, 0.15) is 0 Å². The summed E-state index contributed by atoms with van der Waals surface area (Å²) >= 11 is 6.26. The van der Waals surface area contributed by atoms with Gasteiger partial charge in [-0.05, 0) is 43.5 Å². The number of halogens is 1. The van der Waals surface area contributed by atoms with Crippen molar-refractivity contribution < 1.29 is 19.1 Å². The van der Waals surface area contributed by atoms with Gasteiger partial charge in [-0.25, -0.2) is 0 Å². The van der Waals surface area contributed by atoms with E-state index in [1.165, 1.54) is 6.08 Å². The molecule has 1 aliphatic heterocycles. The van der Waals surface area contributed by atoms with Gasteiger partial charge >= 0.3 is 0 Å². The van der Waals surface area contributed by atoms with E-state index in [0.29, 0.717) is 49.1 Å². The number of ether oxygens (including phenoxy) is 2. The van der Waals surface area contributed by atoms with E-state index in [2.05, 4.69) is 0 Å². The van der Waals surface area contributed by atoms with Crippen molar-refractivity contribution >= 4 is 29.5 Å². The van der Waals surface area contributed by atoms with E-state index in [4.69, 9.17) is 21.1 Å². The van der Waals surface area contributed by atoms with E-state index in [1.54, 1.807) is 49.2 Å². The van der Waals surface area contributed by atoms with E-state index in [9.17, 15) is 9.59 Å². The average molecular weight is 395 g/mol. The Labute approximate surface area is 165 Å². The molecule has 0 bridgehead atoms. The molecule has 2 rings (SSSR count). The van der Waals surface area contributed by atoms with E-state index in [1.807, 2.05) is 6.92 Å². The standard InChI is InChI=1S/C20H27ClN2O4/c1-5-27-19-16(21)12-14(13-17(19)26-4)6-7-18(24)23-10-8-15(9-11-23)20(25)22(2)3/h6-7,12-13,15H,5,8-11H2,1-4H3. The molecule has 2 amide bonds. The number of hydrogen-bond donors (Lipinski definition) is 0. The number of rotatable bonds is 6. The first-order valence-electron chi connectivity index (χ1n) is 9.05. The monoisotopic (exact) mass is 394 g/mol. The van der Waals surface area contributed by atoms with Crippen LogP contribution in [0.3, 0.4) is 0 Å². The predicted octanol–water partition coefficient (Wildman–Crippen LogP) is 3.09. The molecule has 1 aromatic carbocycles. The van der Waals surface area contributed by atoms with Crippen molar-refractivity contribution in [1.29, 1.82) is 0 Å². The lowest BCUT2D eigenvalue weighted by Gasteiger charge is -2.31. The Balaban J connectivity index is 2.01. The SMILES string of the molecule is CCOc1c(Cl)cc(C=CC(=O)N2CCC(C(=O)N(C)C)CC2)cc1OC. The summed E-state index contributed by atoms with van der Waals surface area (Å²) in [6.07, 6.45) is 4.63. The fraction of sp³-hybridized carbons (Fsp3) is 0.500. The minimum atomic E-state index is -0.0743. The quantitative estimate of drug-likeness (QED) is 0.696. The Bertz CT molecular complexity index is 710. The van der Waals surface area contributed by atoms with Crippen molar-refractivity contribution in [2.75, 3.05) is 40.9 Å². The predicted molar refractivity (Wildman–Crippen MR) is 106 cm³/mol. The number of benzene rings is 1. The van der Waals surface area contributed by atoms with E-state index >= 15 is 0 Å². The molecule has 1 fully saturated rings. The molecular formula is C20H27ClN2O4. The minimum absolute atomic E-state index is 0.00204. The first kappa shape index (κ1) is 21.1. The fourth-order valence-corrected chi connectivity index (χ4v) is 3.38. The van der Waals surface area contributed by atoms with Gasteiger partial charge in [-0.15, -0.1) is 0 Å². The van der Waals surface area contributed by atoms with Crippen LogP contribution in [0.5, 0.6) is 11.5 Å². The van der Waals surface area contributed by atoms with Gasteiger partial charge in [0.25, 0.3) is 0 Å². The lowest BCUT2D eigenvalue weighted by molar-refractivity contribution is -0.137. The number of piperidine rings is 1. The lowest BCUT2D eigenvalue weighted by Crippen LogP contribution is -2.42. The maximum atomic E-state index is 12.4. The molecule has 0 N–H and O–H groups in total. The molecule has 148 valence electrons. The molecule has 0 radical (unpaired) electrons. The van der Waals surface area contributed by atoms with Gasteiger partial charge in [-0.2, -0.15) is 0 Å². The molecule has 0 spiro atoms. The zero-order valence-electron chi connectivity index (χ0n) is 16.3. The summed E-state index contributed by atoms with van der Waals surface area (Å²) in [4.78, 5) is 27.9. The van der Waals surface area contributed by atoms with E-state index in [-0.39, 0.29) is 17.7 Å². The van der Waals surface area contributed by atoms with Crippen LogP contribution in [0.1, 0.15) is 25.3 Å². The van der Waals surface area contributed by atoms with Crippen LogP contribution in [0.4, 0.5) is 0 Å². The van der Waals surface area contributed by atoms with Gasteiger partial charge in [0.05, 0.1) is 18.7 Å². The number of likely N-dealkylation sites (tertiary alicyclic amines) is 1. The van der Waals surface area contributed by atoms with Gasteiger partial charge in [0.15, 0.2) is 11.5 Å². The Morgan fingerprint density at radius 2 is 1.96 bits per heavy atom. The Morgan fingerprint density at radius 3 is 2.52 bits per heavy atom. The average Bonchev–Trinajstić information content (AvgIpc) is 2.67. The number of carbonyl (C=O) groups is 2. The summed E-state index contributed by atoms with van der Waals surface area (Å²) in [5.74, 6) is 1.09. The summed E-state index contributed by atoms with van der Waals surface area (Å²) in [7, 11) is 5.07. The molecule has 1 heterocycles. The maximum absolute atomic E-state index is 12.4. The first-order valence-corrected chi connectivity index (χ1v) is 9.43. The van der Waals surface area contributed by atoms with Gasteiger partial charge in [-0.3, -0.25) is 9.59 Å². The highest BCUT2D eigenvalue weighted by Crippen LogP contribution is 2.36. The Kier molecular flexibility index (Phi) is 7.54. The van der Waals surface area contributed by atoms with Gasteiger partial charge in [-0.1, -0.05) is 11.6 Å². The molecular weight excluding hydrogens is 368 g/mol. The number of methoxy groups -OCH3 is 1. The zero-order valence-corrected chi connectivity index (χ0v) is 17.1. The normalized spacial score (nSPS) is 15.1. The van der Waals surface area contributed by atoms with Crippen LogP contribution in [0.2, 0.25) is 5.02 Å². The molecule has 1 aliphatic rings. The molecule has 1 saturated heterocycles. The second-order valence-electron chi connectivity index (χ2n) is 6.63. The van der Waals surface area contributed by atoms with Crippen molar-refractivity contribution in [3.63, 3.8) is 0 Å². The topological polar surface area (TPSA) is 59.1 Å². The molecule has 0 atom stereocenters. The van der Waals surface area contributed by atoms with Crippen LogP contribution in [0.25, 0.3) is 6.08 Å². The number of hydrogen-bond acceptors (Lipinski definition) is 4. The highest BCUT2D eigenvalue weighted by atomic mass is 35.5. The molecule has 0 unspecified atom stereocenters. The van der Waals surface area contributed by atoms with Crippen molar-refractivity contribution in [2.24, 2.45) is 5.92 Å². The van der Waals surface area contributed by atoms with Crippen molar-refractivity contribution in [3.8, 4) is 11.5 Å². The van der Waals surface area contributed by atoms with Crippen LogP contribution in [0.15, 0.2) is 18.2 Å². The van der Waals surface area contributed by atoms with Crippen molar-refractivity contribution in [3.05, 3.63) is 28.8 Å². The number of carbonyl (C=O) groups excluding carboxylic acids is 2. The van der Waals surface area contributed by atoms with Crippen molar-refractivity contribution in [1.82, 2.24) is 9.80 Å². The van der Waals surface area contributed by atoms with Crippen LogP contribution < -0.4 is 9.47 Å². The third-order valence-electron chi connectivity index (χ3n) is 4.56. The second-order valence-corrected chi connectivity index (χ2v) is 7.04. The molecule has 6 nitrogen and oxygen atoms in total. The first-order chi connectivity index (χ1) is 12.9. The minimum Gasteiger partial charge on any atom is -0.493 e. The van der Waals surface area contributed by atoms with E-state index < -0.39 is 0 Å². The summed E-state index contributed by atoms with van der Waals surface area (Å²) in [5, 5.41) is 0.436. The number of amides is 2. The molecule has 1 aromatic rings. The third-order valence-corrected chi connectivity index (χ3v) is 4.84.